The first kappa shape index (κ1) is 37.4. The molecule has 2 heteroatoms. The lowest BCUT2D eigenvalue weighted by molar-refractivity contribution is 0.731. The second-order valence-electron chi connectivity index (χ2n) is 17.5. The average molecular weight is 824 g/mol. The third kappa shape index (κ3) is 5.67. The maximum absolute atomic E-state index is 2.48. The van der Waals surface area contributed by atoms with Gasteiger partial charge in [0, 0.05) is 5.69 Å². The van der Waals surface area contributed by atoms with Gasteiger partial charge in [0.25, 0.3) is 0 Å². The molecule has 0 bridgehead atoms. The quantitative estimate of drug-likeness (QED) is 0.151. The molecular weight excluding hydrogens is 782 g/mol. The van der Waals surface area contributed by atoms with Crippen LogP contribution in [-0.4, -0.2) is 6.71 Å². The number of anilines is 3. The minimum absolute atomic E-state index is 0.0187. The van der Waals surface area contributed by atoms with Crippen molar-refractivity contribution < 1.29 is 0 Å². The summed E-state index contributed by atoms with van der Waals surface area (Å²) in [6.45, 7) is 0.0187. The molecule has 0 saturated carbocycles. The van der Waals surface area contributed by atoms with Gasteiger partial charge in [0.05, 0.1) is 16.8 Å². The Balaban J connectivity index is 1.01. The highest BCUT2D eigenvalue weighted by Crippen LogP contribution is 2.57. The minimum Gasteiger partial charge on any atom is -0.310 e. The summed E-state index contributed by atoms with van der Waals surface area (Å²) in [5.41, 5.74) is 19.8. The summed E-state index contributed by atoms with van der Waals surface area (Å²) in [5.74, 6) is 0. The molecule has 2 aliphatic rings. The molecule has 11 aromatic rings. The van der Waals surface area contributed by atoms with E-state index in [1.54, 1.807) is 0 Å². The Morgan fingerprint density at radius 1 is 0.338 bits per heavy atom. The Morgan fingerprint density at radius 2 is 0.877 bits per heavy atom. The highest BCUT2D eigenvalue weighted by molar-refractivity contribution is 7.01. The van der Waals surface area contributed by atoms with Crippen LogP contribution in [0.25, 0.3) is 54.9 Å². The van der Waals surface area contributed by atoms with Crippen LogP contribution < -0.4 is 21.3 Å². The van der Waals surface area contributed by atoms with E-state index in [1.165, 1.54) is 105 Å². The predicted molar refractivity (Wildman–Crippen MR) is 275 cm³/mol. The standard InChI is InChI=1S/C63H42BN/c1-5-20-43(21-6-1)53-30-19-31-54-55-42-47-24-13-14-29-52(47)60(44-22-7-2-8-23-44)62(55)64(61(53)54)50-38-36-46-41-51(39-37-45(46)40-50)65-58-34-17-15-32-56(58)63(48-25-9-3-10-26-48,49-27-11-4-12-28-49)57-33-16-18-35-59(57)65/h1-42H. The van der Waals surface area contributed by atoms with Gasteiger partial charge in [-0.2, -0.15) is 0 Å². The van der Waals surface area contributed by atoms with Gasteiger partial charge in [0.15, 0.2) is 0 Å². The molecule has 0 N–H and O–H groups in total. The van der Waals surface area contributed by atoms with Crippen LogP contribution in [0.5, 0.6) is 0 Å². The first-order valence-corrected chi connectivity index (χ1v) is 22.7. The van der Waals surface area contributed by atoms with E-state index in [-0.39, 0.29) is 6.71 Å². The van der Waals surface area contributed by atoms with E-state index >= 15 is 0 Å². The zero-order valence-corrected chi connectivity index (χ0v) is 35.8. The number of nitrogens with zero attached hydrogens (tertiary/aromatic N) is 1. The molecule has 302 valence electrons. The molecule has 0 aromatic heterocycles. The average Bonchev–Trinajstić information content (AvgIpc) is 3.72. The van der Waals surface area contributed by atoms with E-state index in [1.807, 2.05) is 0 Å². The lowest BCUT2D eigenvalue weighted by atomic mass is 9.37. The molecule has 0 fully saturated rings. The van der Waals surface area contributed by atoms with Crippen molar-refractivity contribution in [2.24, 2.45) is 0 Å². The van der Waals surface area contributed by atoms with Crippen LogP contribution in [0.1, 0.15) is 22.3 Å². The van der Waals surface area contributed by atoms with Crippen LogP contribution in [0, 0.1) is 0 Å². The van der Waals surface area contributed by atoms with Crippen LogP contribution in [0.2, 0.25) is 0 Å². The summed E-state index contributed by atoms with van der Waals surface area (Å²) in [6, 6.07) is 94.6. The summed E-state index contributed by atoms with van der Waals surface area (Å²) >= 11 is 0. The molecular formula is C63H42BN. The molecule has 2 heterocycles. The first-order valence-electron chi connectivity index (χ1n) is 22.7. The van der Waals surface area contributed by atoms with Gasteiger partial charge in [-0.3, -0.25) is 0 Å². The van der Waals surface area contributed by atoms with Crippen molar-refractivity contribution in [1.82, 2.24) is 0 Å². The molecule has 0 saturated heterocycles. The normalized spacial score (nSPS) is 13.3. The summed E-state index contributed by atoms with van der Waals surface area (Å²) in [6.07, 6.45) is 0. The molecule has 2 aliphatic heterocycles. The van der Waals surface area contributed by atoms with E-state index in [9.17, 15) is 0 Å². The lowest BCUT2D eigenvalue weighted by Crippen LogP contribution is -2.50. The van der Waals surface area contributed by atoms with Gasteiger partial charge in [0.2, 0.25) is 6.71 Å². The smallest absolute Gasteiger partial charge is 0.244 e. The number of hydrogen-bond acceptors (Lipinski definition) is 1. The SMILES string of the molecule is c1ccc(-c2cccc3c2B(c2ccc4cc(N5c6ccccc6C(c6ccccc6)(c6ccccc6)c6ccccc65)ccc4c2)c2c-3cc3ccccc3c2-c2ccccc2)cc1. The lowest BCUT2D eigenvalue weighted by Gasteiger charge is -2.46. The Labute approximate surface area is 380 Å². The zero-order valence-electron chi connectivity index (χ0n) is 35.8. The topological polar surface area (TPSA) is 3.24 Å². The fourth-order valence-corrected chi connectivity index (χ4v) is 11.5. The maximum atomic E-state index is 2.48. The number of hydrogen-bond donors (Lipinski definition) is 0. The van der Waals surface area contributed by atoms with Crippen LogP contribution in [0.4, 0.5) is 17.1 Å². The van der Waals surface area contributed by atoms with Crippen molar-refractivity contribution in [3.05, 3.63) is 277 Å². The molecule has 0 unspecified atom stereocenters. The molecule has 13 rings (SSSR count). The highest BCUT2D eigenvalue weighted by Gasteiger charge is 2.46. The monoisotopic (exact) mass is 823 g/mol. The van der Waals surface area contributed by atoms with Gasteiger partial charge in [-0.15, -0.1) is 0 Å². The van der Waals surface area contributed by atoms with E-state index in [4.69, 9.17) is 0 Å². The molecule has 65 heavy (non-hydrogen) atoms. The maximum Gasteiger partial charge on any atom is 0.244 e. The van der Waals surface area contributed by atoms with Crippen LogP contribution in [-0.2, 0) is 5.41 Å². The van der Waals surface area contributed by atoms with Gasteiger partial charge < -0.3 is 4.90 Å². The number of fused-ring (bicyclic) bond motifs is 7. The van der Waals surface area contributed by atoms with Crippen molar-refractivity contribution in [1.29, 1.82) is 0 Å². The zero-order chi connectivity index (χ0) is 42.9. The largest absolute Gasteiger partial charge is 0.310 e. The van der Waals surface area contributed by atoms with Crippen molar-refractivity contribution >= 4 is 61.7 Å². The third-order valence-electron chi connectivity index (χ3n) is 14.2. The predicted octanol–water partition coefficient (Wildman–Crippen LogP) is 14.0. The van der Waals surface area contributed by atoms with E-state index < -0.39 is 5.41 Å². The Bertz CT molecular complexity index is 3510. The van der Waals surface area contributed by atoms with E-state index in [0.717, 1.165) is 5.69 Å². The van der Waals surface area contributed by atoms with Gasteiger partial charge in [0.1, 0.15) is 0 Å². The fraction of sp³-hybridized carbons (Fsp3) is 0.0159. The summed E-state index contributed by atoms with van der Waals surface area (Å²) in [5, 5.41) is 4.98. The number of benzene rings is 11. The van der Waals surface area contributed by atoms with Crippen LogP contribution in [0.3, 0.4) is 0 Å². The molecule has 1 nitrogen and oxygen atoms in total. The molecule has 0 atom stereocenters. The van der Waals surface area contributed by atoms with Crippen LogP contribution >= 0.6 is 0 Å². The Kier molecular flexibility index (Phi) is 8.61. The second kappa shape index (κ2) is 15.0. The molecule has 0 radical (unpaired) electrons. The minimum atomic E-state index is -0.506. The second-order valence-corrected chi connectivity index (χ2v) is 17.5. The fourth-order valence-electron chi connectivity index (χ4n) is 11.5. The Hall–Kier alpha value is -8.20. The summed E-state index contributed by atoms with van der Waals surface area (Å²) in [7, 11) is 0. The number of para-hydroxylation sites is 2. The number of rotatable bonds is 6. The van der Waals surface area contributed by atoms with Crippen molar-refractivity contribution in [3.8, 4) is 33.4 Å². The van der Waals surface area contributed by atoms with Gasteiger partial charge in [-0.05, 0) is 108 Å². The molecule has 0 amide bonds. The van der Waals surface area contributed by atoms with Gasteiger partial charge in [-0.1, -0.05) is 241 Å². The van der Waals surface area contributed by atoms with E-state index in [2.05, 4.69) is 260 Å². The summed E-state index contributed by atoms with van der Waals surface area (Å²) < 4.78 is 0. The molecule has 0 spiro atoms. The van der Waals surface area contributed by atoms with E-state index in [0.29, 0.717) is 0 Å². The highest BCUT2D eigenvalue weighted by atomic mass is 15.2. The third-order valence-corrected chi connectivity index (χ3v) is 14.2. The van der Waals surface area contributed by atoms with Gasteiger partial charge in [-0.25, -0.2) is 0 Å². The van der Waals surface area contributed by atoms with Crippen LogP contribution in [0.15, 0.2) is 255 Å². The summed E-state index contributed by atoms with van der Waals surface area (Å²) in [4.78, 5) is 2.48. The Morgan fingerprint density at radius 3 is 1.55 bits per heavy atom. The molecule has 11 aromatic carbocycles. The first-order chi connectivity index (χ1) is 32.3. The molecule has 0 aliphatic carbocycles. The van der Waals surface area contributed by atoms with Crippen molar-refractivity contribution in [3.63, 3.8) is 0 Å². The van der Waals surface area contributed by atoms with Gasteiger partial charge >= 0.3 is 0 Å². The van der Waals surface area contributed by atoms with Crippen molar-refractivity contribution in [2.45, 2.75) is 5.41 Å². The van der Waals surface area contributed by atoms with Crippen molar-refractivity contribution in [2.75, 3.05) is 4.90 Å².